The van der Waals surface area contributed by atoms with E-state index in [-0.39, 0.29) is 5.92 Å². The lowest BCUT2D eigenvalue weighted by Crippen LogP contribution is -2.24. The summed E-state index contributed by atoms with van der Waals surface area (Å²) >= 11 is 0. The number of hydrogen-bond donors (Lipinski definition) is 2. The highest BCUT2D eigenvalue weighted by molar-refractivity contribution is 5.72. The number of nitrogen functional groups attached to an aromatic ring is 1. The summed E-state index contributed by atoms with van der Waals surface area (Å²) < 4.78 is 1.60. The summed E-state index contributed by atoms with van der Waals surface area (Å²) in [6.07, 6.45) is 1.56. The fourth-order valence-electron chi connectivity index (χ4n) is 1.52. The van der Waals surface area contributed by atoms with Gasteiger partial charge in [0.05, 0.1) is 0 Å². The molecule has 14 heavy (non-hydrogen) atoms. The Morgan fingerprint density at radius 1 is 1.64 bits per heavy atom. The van der Waals surface area contributed by atoms with Crippen molar-refractivity contribution >= 4 is 11.8 Å². The number of carbonyl (C=O) groups is 1. The predicted molar refractivity (Wildman–Crippen MR) is 52.9 cm³/mol. The maximum atomic E-state index is 11.0. The summed E-state index contributed by atoms with van der Waals surface area (Å²) in [5.41, 5.74) is 5.49. The van der Waals surface area contributed by atoms with Crippen LogP contribution in [0.4, 0.5) is 5.82 Å². The normalized spacial score (nSPS) is 13.1. The van der Waals surface area contributed by atoms with Crippen molar-refractivity contribution in [3.8, 4) is 0 Å². The number of nitrogens with two attached hydrogens (primary N) is 1. The van der Waals surface area contributed by atoms with Gasteiger partial charge >= 0.3 is 5.97 Å². The van der Waals surface area contributed by atoms with Crippen LogP contribution in [0.25, 0.3) is 0 Å². The second-order valence-corrected chi connectivity index (χ2v) is 3.65. The van der Waals surface area contributed by atoms with E-state index in [0.29, 0.717) is 11.6 Å². The van der Waals surface area contributed by atoms with E-state index in [4.69, 9.17) is 10.8 Å². The maximum absolute atomic E-state index is 11.0. The van der Waals surface area contributed by atoms with Gasteiger partial charge in [0.1, 0.15) is 17.7 Å². The van der Waals surface area contributed by atoms with E-state index >= 15 is 0 Å². The molecule has 0 aliphatic rings. The minimum absolute atomic E-state index is 0.000185. The van der Waals surface area contributed by atoms with Crippen LogP contribution in [0.1, 0.15) is 25.7 Å². The largest absolute Gasteiger partial charge is 0.480 e. The monoisotopic (exact) mass is 197 g/mol. The lowest BCUT2D eigenvalue weighted by molar-refractivity contribution is -0.142. The summed E-state index contributed by atoms with van der Waals surface area (Å²) in [4.78, 5) is 15.0. The number of carboxylic acid groups (broad SMARTS) is 1. The highest BCUT2D eigenvalue weighted by atomic mass is 16.4. The van der Waals surface area contributed by atoms with Crippen molar-refractivity contribution in [1.82, 2.24) is 9.55 Å². The van der Waals surface area contributed by atoms with Crippen molar-refractivity contribution in [2.75, 3.05) is 5.73 Å². The van der Waals surface area contributed by atoms with E-state index in [1.54, 1.807) is 17.7 Å². The van der Waals surface area contributed by atoms with E-state index in [1.807, 2.05) is 13.8 Å². The molecular formula is C9H15N3O2. The van der Waals surface area contributed by atoms with Crippen LogP contribution in [-0.4, -0.2) is 20.6 Å². The highest BCUT2D eigenvalue weighted by Crippen LogP contribution is 2.20. The molecule has 5 heteroatoms. The van der Waals surface area contributed by atoms with E-state index < -0.39 is 12.0 Å². The van der Waals surface area contributed by atoms with Gasteiger partial charge in [-0.2, -0.15) is 0 Å². The number of imidazole rings is 1. The standard InChI is InChI=1S/C9H15N3O2/c1-5(2)8(9(13)14)12-4-7(10)11-6(12)3/h4-5,8H,10H2,1-3H3,(H,13,14)/t8-/m0/s1. The van der Waals surface area contributed by atoms with E-state index in [9.17, 15) is 4.79 Å². The van der Waals surface area contributed by atoms with Gasteiger partial charge in [0, 0.05) is 6.20 Å². The molecular weight excluding hydrogens is 182 g/mol. The summed E-state index contributed by atoms with van der Waals surface area (Å²) in [6.45, 7) is 5.46. The van der Waals surface area contributed by atoms with Gasteiger partial charge in [-0.25, -0.2) is 9.78 Å². The smallest absolute Gasteiger partial charge is 0.326 e. The average molecular weight is 197 g/mol. The number of aromatic nitrogens is 2. The SMILES string of the molecule is Cc1nc(N)cn1[C@H](C(=O)O)C(C)C. The van der Waals surface area contributed by atoms with Crippen molar-refractivity contribution in [3.63, 3.8) is 0 Å². The lowest BCUT2D eigenvalue weighted by Gasteiger charge is -2.18. The molecule has 0 aromatic carbocycles. The third kappa shape index (κ3) is 1.86. The Labute approximate surface area is 82.6 Å². The topological polar surface area (TPSA) is 81.1 Å². The zero-order valence-corrected chi connectivity index (χ0v) is 8.56. The number of nitrogens with zero attached hydrogens (tertiary/aromatic N) is 2. The van der Waals surface area contributed by atoms with Crippen LogP contribution in [0.3, 0.4) is 0 Å². The highest BCUT2D eigenvalue weighted by Gasteiger charge is 2.24. The Hall–Kier alpha value is -1.52. The van der Waals surface area contributed by atoms with Gasteiger partial charge in [0.25, 0.3) is 0 Å². The average Bonchev–Trinajstić information content (AvgIpc) is 2.29. The zero-order chi connectivity index (χ0) is 10.9. The maximum Gasteiger partial charge on any atom is 0.326 e. The molecule has 0 spiro atoms. The Bertz CT molecular complexity index is 344. The molecule has 0 amide bonds. The predicted octanol–water partition coefficient (Wildman–Crippen LogP) is 1.06. The number of carboxylic acids is 1. The van der Waals surface area contributed by atoms with Crippen LogP contribution in [-0.2, 0) is 4.79 Å². The van der Waals surface area contributed by atoms with Crippen LogP contribution in [0.5, 0.6) is 0 Å². The Morgan fingerprint density at radius 3 is 2.50 bits per heavy atom. The Morgan fingerprint density at radius 2 is 2.21 bits per heavy atom. The molecule has 0 saturated carbocycles. The molecule has 0 saturated heterocycles. The van der Waals surface area contributed by atoms with Crippen LogP contribution in [0, 0.1) is 12.8 Å². The molecule has 78 valence electrons. The Kier molecular flexibility index (Phi) is 2.78. The van der Waals surface area contributed by atoms with Gasteiger partial charge < -0.3 is 15.4 Å². The molecule has 0 bridgehead atoms. The summed E-state index contributed by atoms with van der Waals surface area (Å²) in [5.74, 6) is 0.123. The Balaban J connectivity index is 3.11. The fraction of sp³-hybridized carbons (Fsp3) is 0.556. The number of aryl methyl sites for hydroxylation is 1. The van der Waals surface area contributed by atoms with Crippen LogP contribution >= 0.6 is 0 Å². The molecule has 0 unspecified atom stereocenters. The van der Waals surface area contributed by atoms with Crippen molar-refractivity contribution in [2.45, 2.75) is 26.8 Å². The molecule has 1 heterocycles. The van der Waals surface area contributed by atoms with E-state index in [0.717, 1.165) is 0 Å². The number of hydrogen-bond acceptors (Lipinski definition) is 3. The number of anilines is 1. The molecule has 0 aliphatic carbocycles. The van der Waals surface area contributed by atoms with Gasteiger partial charge in [-0.3, -0.25) is 0 Å². The van der Waals surface area contributed by atoms with E-state index in [2.05, 4.69) is 4.98 Å². The summed E-state index contributed by atoms with van der Waals surface area (Å²) in [7, 11) is 0. The van der Waals surface area contributed by atoms with Crippen LogP contribution < -0.4 is 5.73 Å². The van der Waals surface area contributed by atoms with Gasteiger partial charge in [-0.05, 0) is 12.8 Å². The van der Waals surface area contributed by atoms with Gasteiger partial charge in [-0.1, -0.05) is 13.8 Å². The van der Waals surface area contributed by atoms with Crippen molar-refractivity contribution in [1.29, 1.82) is 0 Å². The summed E-state index contributed by atoms with van der Waals surface area (Å²) in [5, 5.41) is 9.04. The summed E-state index contributed by atoms with van der Waals surface area (Å²) in [6, 6.07) is -0.597. The van der Waals surface area contributed by atoms with Gasteiger partial charge in [0.15, 0.2) is 0 Å². The first kappa shape index (κ1) is 10.6. The first-order valence-corrected chi connectivity index (χ1v) is 4.47. The second-order valence-electron chi connectivity index (χ2n) is 3.65. The minimum atomic E-state index is -0.861. The van der Waals surface area contributed by atoms with Gasteiger partial charge in [-0.15, -0.1) is 0 Å². The van der Waals surface area contributed by atoms with E-state index in [1.165, 1.54) is 0 Å². The first-order chi connectivity index (χ1) is 6.43. The first-order valence-electron chi connectivity index (χ1n) is 4.47. The molecule has 1 rings (SSSR count). The molecule has 0 radical (unpaired) electrons. The molecule has 0 fully saturated rings. The van der Waals surface area contributed by atoms with Crippen molar-refractivity contribution < 1.29 is 9.90 Å². The third-order valence-electron chi connectivity index (χ3n) is 2.12. The van der Waals surface area contributed by atoms with Gasteiger partial charge in [0.2, 0.25) is 0 Å². The third-order valence-corrected chi connectivity index (χ3v) is 2.12. The van der Waals surface area contributed by atoms with Crippen LogP contribution in [0.2, 0.25) is 0 Å². The second kappa shape index (κ2) is 3.69. The number of aliphatic carboxylic acids is 1. The number of rotatable bonds is 3. The van der Waals surface area contributed by atoms with Crippen LogP contribution in [0.15, 0.2) is 6.20 Å². The molecule has 1 atom stereocenters. The van der Waals surface area contributed by atoms with Crippen molar-refractivity contribution in [2.24, 2.45) is 5.92 Å². The zero-order valence-electron chi connectivity index (χ0n) is 8.56. The molecule has 5 nitrogen and oxygen atoms in total. The molecule has 3 N–H and O–H groups in total. The quantitative estimate of drug-likeness (QED) is 0.759. The lowest BCUT2D eigenvalue weighted by atomic mass is 10.0. The fourth-order valence-corrected chi connectivity index (χ4v) is 1.52. The molecule has 1 aromatic heterocycles. The minimum Gasteiger partial charge on any atom is -0.480 e. The molecule has 0 aliphatic heterocycles. The van der Waals surface area contributed by atoms with Crippen molar-refractivity contribution in [3.05, 3.63) is 12.0 Å². The molecule has 1 aromatic rings.